The van der Waals surface area contributed by atoms with E-state index < -0.39 is 0 Å². The Morgan fingerprint density at radius 3 is 2.29 bits per heavy atom. The van der Waals surface area contributed by atoms with Gasteiger partial charge in [-0.1, -0.05) is 51.1 Å². The summed E-state index contributed by atoms with van der Waals surface area (Å²) in [7, 11) is 0. The lowest BCUT2D eigenvalue weighted by molar-refractivity contribution is -0.118. The molecule has 1 aromatic carbocycles. The SMILES string of the molecule is CCNC(=O)/C(=C\c1ccccc1)C(C)(C)C. The smallest absolute Gasteiger partial charge is 0.247 e. The van der Waals surface area contributed by atoms with Crippen molar-refractivity contribution in [2.24, 2.45) is 5.41 Å². The third kappa shape index (κ3) is 4.06. The standard InChI is InChI=1S/C15H21NO/c1-5-16-14(17)13(15(2,3)4)11-12-9-7-6-8-10-12/h6-11H,5H2,1-4H3,(H,16,17)/b13-11+. The van der Waals surface area contributed by atoms with E-state index >= 15 is 0 Å². The molecule has 0 unspecified atom stereocenters. The number of benzene rings is 1. The van der Waals surface area contributed by atoms with Crippen molar-refractivity contribution < 1.29 is 4.79 Å². The molecule has 1 aromatic rings. The number of amides is 1. The maximum atomic E-state index is 12.0. The maximum absolute atomic E-state index is 12.0. The van der Waals surface area contributed by atoms with Crippen LogP contribution in [0.4, 0.5) is 0 Å². The van der Waals surface area contributed by atoms with Crippen LogP contribution in [0.2, 0.25) is 0 Å². The van der Waals surface area contributed by atoms with Gasteiger partial charge in [0, 0.05) is 12.1 Å². The van der Waals surface area contributed by atoms with Crippen molar-refractivity contribution in [1.82, 2.24) is 5.32 Å². The molecule has 0 aromatic heterocycles. The first-order chi connectivity index (χ1) is 7.95. The van der Waals surface area contributed by atoms with Gasteiger partial charge in [0.2, 0.25) is 5.91 Å². The molecule has 0 aliphatic heterocycles. The second-order valence-electron chi connectivity index (χ2n) is 5.08. The van der Waals surface area contributed by atoms with Crippen LogP contribution in [-0.2, 0) is 4.79 Å². The van der Waals surface area contributed by atoms with Gasteiger partial charge in [-0.25, -0.2) is 0 Å². The Bertz CT molecular complexity index is 399. The third-order valence-electron chi connectivity index (χ3n) is 2.50. The van der Waals surface area contributed by atoms with Crippen LogP contribution in [0, 0.1) is 5.41 Å². The summed E-state index contributed by atoms with van der Waals surface area (Å²) in [4.78, 5) is 12.0. The molecule has 2 heteroatoms. The summed E-state index contributed by atoms with van der Waals surface area (Å²) in [5.41, 5.74) is 1.71. The van der Waals surface area contributed by atoms with E-state index in [1.54, 1.807) is 0 Å². The molecule has 1 amide bonds. The first-order valence-electron chi connectivity index (χ1n) is 6.00. The van der Waals surface area contributed by atoms with Gasteiger partial charge in [-0.3, -0.25) is 4.79 Å². The van der Waals surface area contributed by atoms with E-state index in [0.717, 1.165) is 11.1 Å². The topological polar surface area (TPSA) is 29.1 Å². The van der Waals surface area contributed by atoms with Crippen LogP contribution >= 0.6 is 0 Å². The van der Waals surface area contributed by atoms with Crippen LogP contribution in [0.3, 0.4) is 0 Å². The Labute approximate surface area is 104 Å². The van der Waals surface area contributed by atoms with E-state index in [-0.39, 0.29) is 11.3 Å². The second-order valence-corrected chi connectivity index (χ2v) is 5.08. The van der Waals surface area contributed by atoms with Gasteiger partial charge in [-0.05, 0) is 24.0 Å². The minimum Gasteiger partial charge on any atom is -0.353 e. The van der Waals surface area contributed by atoms with Gasteiger partial charge in [-0.15, -0.1) is 0 Å². The summed E-state index contributed by atoms with van der Waals surface area (Å²) in [5.74, 6) is 0.0175. The molecule has 0 bridgehead atoms. The zero-order chi connectivity index (χ0) is 12.9. The van der Waals surface area contributed by atoms with Gasteiger partial charge in [0.1, 0.15) is 0 Å². The van der Waals surface area contributed by atoms with Crippen molar-refractivity contribution in [3.05, 3.63) is 41.5 Å². The van der Waals surface area contributed by atoms with Crippen LogP contribution in [0.5, 0.6) is 0 Å². The molecule has 0 saturated carbocycles. The predicted octanol–water partition coefficient (Wildman–Crippen LogP) is 3.25. The van der Waals surface area contributed by atoms with E-state index in [4.69, 9.17) is 0 Å². The van der Waals surface area contributed by atoms with Crippen LogP contribution in [0.25, 0.3) is 6.08 Å². The molecular formula is C15H21NO. The van der Waals surface area contributed by atoms with Gasteiger partial charge in [0.05, 0.1) is 0 Å². The third-order valence-corrected chi connectivity index (χ3v) is 2.50. The molecule has 0 atom stereocenters. The van der Waals surface area contributed by atoms with Crippen molar-refractivity contribution in [2.75, 3.05) is 6.54 Å². The van der Waals surface area contributed by atoms with E-state index in [9.17, 15) is 4.79 Å². The van der Waals surface area contributed by atoms with Crippen LogP contribution in [0.1, 0.15) is 33.3 Å². The molecule has 17 heavy (non-hydrogen) atoms. The number of likely N-dealkylation sites (N-methyl/N-ethyl adjacent to an activating group) is 1. The lowest BCUT2D eigenvalue weighted by Gasteiger charge is -2.22. The fourth-order valence-electron chi connectivity index (χ4n) is 1.59. The normalized spacial score (nSPS) is 12.4. The fourth-order valence-corrected chi connectivity index (χ4v) is 1.59. The van der Waals surface area contributed by atoms with Crippen molar-refractivity contribution in [3.63, 3.8) is 0 Å². The molecule has 0 saturated heterocycles. The van der Waals surface area contributed by atoms with Gasteiger partial charge < -0.3 is 5.32 Å². The maximum Gasteiger partial charge on any atom is 0.247 e. The zero-order valence-corrected chi connectivity index (χ0v) is 11.1. The summed E-state index contributed by atoms with van der Waals surface area (Å²) >= 11 is 0. The highest BCUT2D eigenvalue weighted by Gasteiger charge is 2.23. The Morgan fingerprint density at radius 2 is 1.82 bits per heavy atom. The van der Waals surface area contributed by atoms with E-state index in [0.29, 0.717) is 6.54 Å². The van der Waals surface area contributed by atoms with Crippen molar-refractivity contribution in [2.45, 2.75) is 27.7 Å². The number of carbonyl (C=O) groups excluding carboxylic acids is 1. The summed E-state index contributed by atoms with van der Waals surface area (Å²) in [5, 5.41) is 2.87. The lowest BCUT2D eigenvalue weighted by Crippen LogP contribution is -2.30. The molecule has 0 aliphatic carbocycles. The van der Waals surface area contributed by atoms with Crippen LogP contribution < -0.4 is 5.32 Å². The molecule has 0 aliphatic rings. The number of carbonyl (C=O) groups is 1. The molecule has 1 rings (SSSR count). The quantitative estimate of drug-likeness (QED) is 0.795. The van der Waals surface area contributed by atoms with Crippen molar-refractivity contribution in [1.29, 1.82) is 0 Å². The van der Waals surface area contributed by atoms with Crippen LogP contribution in [-0.4, -0.2) is 12.5 Å². The Kier molecular flexibility index (Phi) is 4.50. The number of hydrogen-bond donors (Lipinski definition) is 1. The minimum atomic E-state index is -0.158. The Morgan fingerprint density at radius 1 is 1.24 bits per heavy atom. The predicted molar refractivity (Wildman–Crippen MR) is 72.6 cm³/mol. The molecule has 0 heterocycles. The average Bonchev–Trinajstić information content (AvgIpc) is 2.26. The van der Waals surface area contributed by atoms with Gasteiger partial charge >= 0.3 is 0 Å². The van der Waals surface area contributed by atoms with E-state index in [1.165, 1.54) is 0 Å². The minimum absolute atomic E-state index is 0.0175. The molecule has 2 nitrogen and oxygen atoms in total. The monoisotopic (exact) mass is 231 g/mol. The average molecular weight is 231 g/mol. The van der Waals surface area contributed by atoms with E-state index in [2.05, 4.69) is 26.1 Å². The molecule has 92 valence electrons. The van der Waals surface area contributed by atoms with Gasteiger partial charge in [0.25, 0.3) is 0 Å². The van der Waals surface area contributed by atoms with Gasteiger partial charge in [0.15, 0.2) is 0 Å². The largest absolute Gasteiger partial charge is 0.353 e. The molecule has 0 fully saturated rings. The summed E-state index contributed by atoms with van der Waals surface area (Å²) in [6.07, 6.45) is 1.96. The Hall–Kier alpha value is -1.57. The fraction of sp³-hybridized carbons (Fsp3) is 0.400. The number of nitrogens with one attached hydrogen (secondary N) is 1. The summed E-state index contributed by atoms with van der Waals surface area (Å²) in [6, 6.07) is 9.93. The van der Waals surface area contributed by atoms with E-state index in [1.807, 2.05) is 43.3 Å². The van der Waals surface area contributed by atoms with Crippen molar-refractivity contribution in [3.8, 4) is 0 Å². The molecule has 1 N–H and O–H groups in total. The zero-order valence-electron chi connectivity index (χ0n) is 11.1. The molecule has 0 spiro atoms. The van der Waals surface area contributed by atoms with Crippen LogP contribution in [0.15, 0.2) is 35.9 Å². The Balaban J connectivity index is 3.07. The first kappa shape index (κ1) is 13.5. The molecular weight excluding hydrogens is 210 g/mol. The highest BCUT2D eigenvalue weighted by molar-refractivity contribution is 5.98. The number of rotatable bonds is 3. The second kappa shape index (κ2) is 5.67. The highest BCUT2D eigenvalue weighted by atomic mass is 16.1. The van der Waals surface area contributed by atoms with Crippen molar-refractivity contribution >= 4 is 12.0 Å². The summed E-state index contributed by atoms with van der Waals surface area (Å²) < 4.78 is 0. The number of hydrogen-bond acceptors (Lipinski definition) is 1. The first-order valence-corrected chi connectivity index (χ1v) is 6.00. The summed E-state index contributed by atoms with van der Waals surface area (Å²) in [6.45, 7) is 8.74. The lowest BCUT2D eigenvalue weighted by atomic mass is 9.84. The van der Waals surface area contributed by atoms with Gasteiger partial charge in [-0.2, -0.15) is 0 Å². The highest BCUT2D eigenvalue weighted by Crippen LogP contribution is 2.27. The molecule has 0 radical (unpaired) electrons.